The van der Waals surface area contributed by atoms with Gasteiger partial charge in [-0.05, 0) is 35.9 Å². The molecule has 0 fully saturated rings. The van der Waals surface area contributed by atoms with Crippen LogP contribution in [0.1, 0.15) is 15.9 Å². The molecule has 2 N–H and O–H groups in total. The molecule has 0 saturated carbocycles. The van der Waals surface area contributed by atoms with Crippen molar-refractivity contribution < 1.29 is 4.79 Å². The summed E-state index contributed by atoms with van der Waals surface area (Å²) in [5.41, 5.74) is 7.48. The fraction of sp³-hybridized carbons (Fsp3) is 0.133. The molecule has 2 aromatic rings. The Hall–Kier alpha value is -1.42. The molecular weight excluding hydrogens is 331 g/mol. The fourth-order valence-electron chi connectivity index (χ4n) is 1.92. The maximum atomic E-state index is 12.4. The zero-order chi connectivity index (χ0) is 15.6. The molecule has 0 bridgehead atoms. The predicted octanol–water partition coefficient (Wildman–Crippen LogP) is 4.50. The van der Waals surface area contributed by atoms with Gasteiger partial charge in [-0.15, -0.1) is 0 Å². The van der Waals surface area contributed by atoms with Gasteiger partial charge in [-0.2, -0.15) is 0 Å². The van der Waals surface area contributed by atoms with Crippen molar-refractivity contribution in [2.45, 2.75) is 6.54 Å². The van der Waals surface area contributed by atoms with Crippen LogP contribution < -0.4 is 5.73 Å². The van der Waals surface area contributed by atoms with Crippen molar-refractivity contribution in [1.29, 1.82) is 0 Å². The Morgan fingerprint density at radius 2 is 1.81 bits per heavy atom. The first-order chi connectivity index (χ1) is 9.88. The zero-order valence-corrected chi connectivity index (χ0v) is 13.5. The lowest BCUT2D eigenvalue weighted by Gasteiger charge is -2.18. The Morgan fingerprint density at radius 3 is 2.43 bits per heavy atom. The molecule has 0 aliphatic carbocycles. The van der Waals surface area contributed by atoms with Crippen molar-refractivity contribution in [3.63, 3.8) is 0 Å². The molecule has 110 valence electrons. The van der Waals surface area contributed by atoms with Crippen LogP contribution >= 0.6 is 34.8 Å². The second-order valence-electron chi connectivity index (χ2n) is 4.64. The number of hydrogen-bond donors (Lipinski definition) is 1. The molecule has 2 rings (SSSR count). The minimum atomic E-state index is -0.185. The van der Waals surface area contributed by atoms with E-state index in [2.05, 4.69) is 0 Å². The van der Waals surface area contributed by atoms with E-state index in [1.54, 1.807) is 42.3 Å². The summed E-state index contributed by atoms with van der Waals surface area (Å²) in [7, 11) is 1.69. The topological polar surface area (TPSA) is 46.3 Å². The molecule has 0 aromatic heterocycles. The highest BCUT2D eigenvalue weighted by atomic mass is 35.5. The normalized spacial score (nSPS) is 10.5. The van der Waals surface area contributed by atoms with Crippen LogP contribution in [0.4, 0.5) is 5.69 Å². The first-order valence-corrected chi connectivity index (χ1v) is 7.26. The van der Waals surface area contributed by atoms with E-state index in [1.807, 2.05) is 6.07 Å². The van der Waals surface area contributed by atoms with Crippen LogP contribution in [-0.2, 0) is 6.54 Å². The third kappa shape index (κ3) is 3.82. The number of anilines is 1. The van der Waals surface area contributed by atoms with E-state index >= 15 is 0 Å². The number of carbonyl (C=O) groups is 1. The number of rotatable bonds is 3. The molecule has 6 heteroatoms. The highest BCUT2D eigenvalue weighted by Gasteiger charge is 2.15. The van der Waals surface area contributed by atoms with Gasteiger partial charge < -0.3 is 10.6 Å². The van der Waals surface area contributed by atoms with Gasteiger partial charge in [0.25, 0.3) is 5.91 Å². The van der Waals surface area contributed by atoms with Gasteiger partial charge in [0.2, 0.25) is 0 Å². The summed E-state index contributed by atoms with van der Waals surface area (Å²) in [5.74, 6) is -0.185. The number of nitrogens with zero attached hydrogens (tertiary/aromatic N) is 1. The largest absolute Gasteiger partial charge is 0.398 e. The first-order valence-electron chi connectivity index (χ1n) is 6.13. The molecule has 0 heterocycles. The molecule has 0 radical (unpaired) electrons. The van der Waals surface area contributed by atoms with E-state index in [9.17, 15) is 4.79 Å². The standard InChI is InChI=1S/C15H13Cl3N2O/c1-20(8-9-2-5-12(17)13(18)6-9)15(21)11-4-3-10(16)7-14(11)19/h2-7H,8,19H2,1H3. The monoisotopic (exact) mass is 342 g/mol. The number of nitrogens with two attached hydrogens (primary N) is 1. The molecule has 0 aliphatic rings. The van der Waals surface area contributed by atoms with E-state index in [1.165, 1.54) is 0 Å². The number of carbonyl (C=O) groups excluding carboxylic acids is 1. The Morgan fingerprint density at radius 1 is 1.10 bits per heavy atom. The van der Waals surface area contributed by atoms with Crippen molar-refractivity contribution in [1.82, 2.24) is 4.90 Å². The summed E-state index contributed by atoms with van der Waals surface area (Å²) in [5, 5.41) is 1.44. The maximum absolute atomic E-state index is 12.4. The second kappa shape index (κ2) is 6.56. The fourth-order valence-corrected chi connectivity index (χ4v) is 2.42. The molecule has 2 aromatic carbocycles. The third-order valence-corrected chi connectivity index (χ3v) is 3.97. The van der Waals surface area contributed by atoms with Gasteiger partial charge in [0.15, 0.2) is 0 Å². The highest BCUT2D eigenvalue weighted by Crippen LogP contribution is 2.24. The number of halogens is 3. The summed E-state index contributed by atoms with van der Waals surface area (Å²) in [6, 6.07) is 10.1. The smallest absolute Gasteiger partial charge is 0.255 e. The minimum Gasteiger partial charge on any atom is -0.398 e. The molecule has 0 aliphatic heterocycles. The van der Waals surface area contributed by atoms with Crippen molar-refractivity contribution in [2.24, 2.45) is 0 Å². The van der Waals surface area contributed by atoms with Gasteiger partial charge >= 0.3 is 0 Å². The molecule has 0 atom stereocenters. The molecule has 0 spiro atoms. The van der Waals surface area contributed by atoms with Gasteiger partial charge in [-0.3, -0.25) is 4.79 Å². The summed E-state index contributed by atoms with van der Waals surface area (Å²) < 4.78 is 0. The Bertz CT molecular complexity index is 689. The van der Waals surface area contributed by atoms with E-state index in [-0.39, 0.29) is 5.91 Å². The van der Waals surface area contributed by atoms with Crippen LogP contribution in [-0.4, -0.2) is 17.9 Å². The van der Waals surface area contributed by atoms with Gasteiger partial charge in [-0.1, -0.05) is 40.9 Å². The lowest BCUT2D eigenvalue weighted by Crippen LogP contribution is -2.27. The second-order valence-corrected chi connectivity index (χ2v) is 5.89. The summed E-state index contributed by atoms with van der Waals surface area (Å²) in [6.45, 7) is 0.401. The van der Waals surface area contributed by atoms with Gasteiger partial charge in [0.05, 0.1) is 15.6 Å². The van der Waals surface area contributed by atoms with E-state index in [0.717, 1.165) is 5.56 Å². The number of benzene rings is 2. The molecule has 21 heavy (non-hydrogen) atoms. The van der Waals surface area contributed by atoms with E-state index in [0.29, 0.717) is 32.9 Å². The Balaban J connectivity index is 2.17. The van der Waals surface area contributed by atoms with Crippen LogP contribution in [0.2, 0.25) is 15.1 Å². The zero-order valence-electron chi connectivity index (χ0n) is 11.2. The lowest BCUT2D eigenvalue weighted by atomic mass is 10.1. The highest BCUT2D eigenvalue weighted by molar-refractivity contribution is 6.42. The van der Waals surface area contributed by atoms with Crippen molar-refractivity contribution >= 4 is 46.4 Å². The van der Waals surface area contributed by atoms with Crippen molar-refractivity contribution in [3.05, 3.63) is 62.6 Å². The van der Waals surface area contributed by atoms with Crippen molar-refractivity contribution in [3.8, 4) is 0 Å². The van der Waals surface area contributed by atoms with Gasteiger partial charge in [0, 0.05) is 24.3 Å². The number of hydrogen-bond acceptors (Lipinski definition) is 2. The molecule has 0 saturated heterocycles. The molecule has 0 unspecified atom stereocenters. The first kappa shape index (κ1) is 16.0. The number of amides is 1. The molecule has 1 amide bonds. The van der Waals surface area contributed by atoms with E-state index < -0.39 is 0 Å². The van der Waals surface area contributed by atoms with Gasteiger partial charge in [0.1, 0.15) is 0 Å². The van der Waals surface area contributed by atoms with Gasteiger partial charge in [-0.25, -0.2) is 0 Å². The predicted molar refractivity (Wildman–Crippen MR) is 88.1 cm³/mol. The summed E-state index contributed by atoms with van der Waals surface area (Å²) >= 11 is 17.7. The minimum absolute atomic E-state index is 0.185. The lowest BCUT2D eigenvalue weighted by molar-refractivity contribution is 0.0786. The van der Waals surface area contributed by atoms with Crippen molar-refractivity contribution in [2.75, 3.05) is 12.8 Å². The van der Waals surface area contributed by atoms with Crippen LogP contribution in [0.3, 0.4) is 0 Å². The van der Waals surface area contributed by atoms with Crippen LogP contribution in [0, 0.1) is 0 Å². The van der Waals surface area contributed by atoms with Crippen LogP contribution in [0.15, 0.2) is 36.4 Å². The quantitative estimate of drug-likeness (QED) is 0.834. The van der Waals surface area contributed by atoms with Crippen LogP contribution in [0.25, 0.3) is 0 Å². The third-order valence-electron chi connectivity index (χ3n) is 2.99. The van der Waals surface area contributed by atoms with E-state index in [4.69, 9.17) is 40.5 Å². The molecule has 3 nitrogen and oxygen atoms in total. The SMILES string of the molecule is CN(Cc1ccc(Cl)c(Cl)c1)C(=O)c1ccc(Cl)cc1N. The Labute approximate surface area is 138 Å². The summed E-state index contributed by atoms with van der Waals surface area (Å²) in [4.78, 5) is 13.9. The number of nitrogen functional groups attached to an aromatic ring is 1. The maximum Gasteiger partial charge on any atom is 0.255 e. The summed E-state index contributed by atoms with van der Waals surface area (Å²) in [6.07, 6.45) is 0. The Kier molecular flexibility index (Phi) is 4.99. The average molecular weight is 344 g/mol. The van der Waals surface area contributed by atoms with Crippen LogP contribution in [0.5, 0.6) is 0 Å². The molecular formula is C15H13Cl3N2O. The average Bonchev–Trinajstić information content (AvgIpc) is 2.42.